The molecule has 4 nitrogen and oxygen atoms in total. The first-order chi connectivity index (χ1) is 14.2. The van der Waals surface area contributed by atoms with Crippen molar-refractivity contribution in [2.24, 2.45) is 5.92 Å². The van der Waals surface area contributed by atoms with Crippen molar-refractivity contribution in [3.63, 3.8) is 0 Å². The van der Waals surface area contributed by atoms with Crippen LogP contribution < -0.4 is 4.74 Å². The third-order valence-electron chi connectivity index (χ3n) is 5.70. The number of benzene rings is 2. The molecule has 0 bridgehead atoms. The van der Waals surface area contributed by atoms with Crippen LogP contribution in [0.15, 0.2) is 67.0 Å². The molecule has 0 aliphatic carbocycles. The molecule has 0 saturated carbocycles. The van der Waals surface area contributed by atoms with Crippen LogP contribution in [-0.4, -0.2) is 29.4 Å². The van der Waals surface area contributed by atoms with E-state index in [2.05, 4.69) is 48.3 Å². The minimum atomic E-state index is 0.584. The van der Waals surface area contributed by atoms with Gasteiger partial charge in [-0.25, -0.2) is 0 Å². The lowest BCUT2D eigenvalue weighted by atomic mass is 9.90. The summed E-state index contributed by atoms with van der Waals surface area (Å²) in [5, 5.41) is 0. The van der Waals surface area contributed by atoms with Crippen LogP contribution in [0.3, 0.4) is 0 Å². The smallest absolute Gasteiger partial charge is 0.209 e. The van der Waals surface area contributed by atoms with E-state index in [4.69, 9.17) is 4.74 Å². The Morgan fingerprint density at radius 1 is 1.00 bits per heavy atom. The number of pyridine rings is 1. The molecule has 1 aromatic heterocycles. The van der Waals surface area contributed by atoms with Crippen LogP contribution in [0.25, 0.3) is 11.1 Å². The fraction of sp³-hybridized carbons (Fsp3) is 0.280. The molecular formula is C25H26N2O2. The molecule has 2 heterocycles. The second-order valence-electron chi connectivity index (χ2n) is 7.71. The van der Waals surface area contributed by atoms with Gasteiger partial charge < -0.3 is 9.64 Å². The summed E-state index contributed by atoms with van der Waals surface area (Å²) in [5.74, 6) is 2.38. The van der Waals surface area contributed by atoms with Crippen LogP contribution >= 0.6 is 0 Å². The zero-order valence-electron chi connectivity index (χ0n) is 16.8. The van der Waals surface area contributed by atoms with Gasteiger partial charge in [0.05, 0.1) is 0 Å². The van der Waals surface area contributed by atoms with E-state index in [0.717, 1.165) is 67.0 Å². The minimum absolute atomic E-state index is 0.584. The molecule has 0 spiro atoms. The van der Waals surface area contributed by atoms with Gasteiger partial charge in [-0.05, 0) is 78.6 Å². The average molecular weight is 386 g/mol. The van der Waals surface area contributed by atoms with E-state index >= 15 is 0 Å². The van der Waals surface area contributed by atoms with Gasteiger partial charge in [0.2, 0.25) is 6.41 Å². The molecule has 1 aliphatic heterocycles. The van der Waals surface area contributed by atoms with Crippen LogP contribution in [0.4, 0.5) is 0 Å². The van der Waals surface area contributed by atoms with Gasteiger partial charge in [0.1, 0.15) is 11.5 Å². The normalized spacial score (nSPS) is 14.6. The summed E-state index contributed by atoms with van der Waals surface area (Å²) in [6.45, 7) is 3.78. The van der Waals surface area contributed by atoms with Crippen molar-refractivity contribution >= 4 is 6.41 Å². The second-order valence-corrected chi connectivity index (χ2v) is 7.71. The van der Waals surface area contributed by atoms with Crippen LogP contribution in [0.2, 0.25) is 0 Å². The Kier molecular flexibility index (Phi) is 5.89. The molecule has 0 N–H and O–H groups in total. The lowest BCUT2D eigenvalue weighted by Gasteiger charge is -2.29. The van der Waals surface area contributed by atoms with Crippen molar-refractivity contribution in [1.29, 1.82) is 0 Å². The standard InChI is InChI=1S/C25H26N2O2/c1-19-6-7-22(21-8-12-26-13-9-21)17-25(19)29-24-5-3-2-4-23(24)16-20-10-14-27(18-28)15-11-20/h2-9,12-13,17-18,20H,10-11,14-16H2,1H3. The number of nitrogens with zero attached hydrogens (tertiary/aromatic N) is 2. The first-order valence-corrected chi connectivity index (χ1v) is 10.2. The van der Waals surface area contributed by atoms with Crippen molar-refractivity contribution in [2.45, 2.75) is 26.2 Å². The van der Waals surface area contributed by atoms with Gasteiger partial charge in [-0.3, -0.25) is 9.78 Å². The summed E-state index contributed by atoms with van der Waals surface area (Å²) in [6.07, 6.45) is 7.65. The SMILES string of the molecule is Cc1ccc(-c2ccncc2)cc1Oc1ccccc1CC1CCN(C=O)CC1. The maximum atomic E-state index is 10.9. The highest BCUT2D eigenvalue weighted by atomic mass is 16.5. The van der Waals surface area contributed by atoms with Gasteiger partial charge in [0.25, 0.3) is 0 Å². The third kappa shape index (κ3) is 4.65. The maximum Gasteiger partial charge on any atom is 0.209 e. The average Bonchev–Trinajstić information content (AvgIpc) is 2.78. The van der Waals surface area contributed by atoms with Crippen molar-refractivity contribution in [1.82, 2.24) is 9.88 Å². The van der Waals surface area contributed by atoms with E-state index in [1.54, 1.807) is 12.4 Å². The maximum absolute atomic E-state index is 10.9. The van der Waals surface area contributed by atoms with E-state index in [9.17, 15) is 4.79 Å². The monoisotopic (exact) mass is 386 g/mol. The van der Waals surface area contributed by atoms with Gasteiger partial charge in [0.15, 0.2) is 0 Å². The minimum Gasteiger partial charge on any atom is -0.457 e. The molecule has 3 aromatic rings. The van der Waals surface area contributed by atoms with E-state index in [1.165, 1.54) is 5.56 Å². The van der Waals surface area contributed by atoms with Gasteiger partial charge >= 0.3 is 0 Å². The number of likely N-dealkylation sites (tertiary alicyclic amines) is 1. The molecule has 0 atom stereocenters. The Morgan fingerprint density at radius 2 is 1.76 bits per heavy atom. The number of amides is 1. The van der Waals surface area contributed by atoms with E-state index in [0.29, 0.717) is 5.92 Å². The van der Waals surface area contributed by atoms with Crippen molar-refractivity contribution in [3.8, 4) is 22.6 Å². The molecule has 0 unspecified atom stereocenters. The summed E-state index contributed by atoms with van der Waals surface area (Å²) in [6, 6.07) is 18.6. The molecule has 1 aliphatic rings. The van der Waals surface area contributed by atoms with Gasteiger partial charge in [-0.1, -0.05) is 30.3 Å². The lowest BCUT2D eigenvalue weighted by molar-refractivity contribution is -0.119. The summed E-state index contributed by atoms with van der Waals surface area (Å²) in [7, 11) is 0. The Balaban J connectivity index is 1.54. The number of rotatable bonds is 6. The van der Waals surface area contributed by atoms with Gasteiger partial charge in [0, 0.05) is 25.5 Å². The molecule has 2 aromatic carbocycles. The molecule has 1 saturated heterocycles. The van der Waals surface area contributed by atoms with Crippen LogP contribution in [0.1, 0.15) is 24.0 Å². The fourth-order valence-corrected chi connectivity index (χ4v) is 3.90. The Labute approximate surface area is 172 Å². The highest BCUT2D eigenvalue weighted by molar-refractivity contribution is 5.65. The first kappa shape index (κ1) is 19.2. The fourth-order valence-electron chi connectivity index (χ4n) is 3.90. The highest BCUT2D eigenvalue weighted by Gasteiger charge is 2.20. The van der Waals surface area contributed by atoms with E-state index in [1.807, 2.05) is 23.1 Å². The number of piperidine rings is 1. The van der Waals surface area contributed by atoms with Crippen LogP contribution in [-0.2, 0) is 11.2 Å². The first-order valence-electron chi connectivity index (χ1n) is 10.2. The number of hydrogen-bond donors (Lipinski definition) is 0. The summed E-state index contributed by atoms with van der Waals surface area (Å²) in [4.78, 5) is 16.9. The molecule has 148 valence electrons. The number of ether oxygens (including phenoxy) is 1. The van der Waals surface area contributed by atoms with Crippen LogP contribution in [0, 0.1) is 12.8 Å². The van der Waals surface area contributed by atoms with Gasteiger partial charge in [-0.15, -0.1) is 0 Å². The molecule has 29 heavy (non-hydrogen) atoms. The van der Waals surface area contributed by atoms with E-state index in [-0.39, 0.29) is 0 Å². The zero-order chi connectivity index (χ0) is 20.1. The van der Waals surface area contributed by atoms with E-state index < -0.39 is 0 Å². The molecule has 1 fully saturated rings. The largest absolute Gasteiger partial charge is 0.457 e. The van der Waals surface area contributed by atoms with Gasteiger partial charge in [-0.2, -0.15) is 0 Å². The predicted octanol–water partition coefficient (Wildman–Crippen LogP) is 5.26. The topological polar surface area (TPSA) is 42.4 Å². The molecule has 4 rings (SSSR count). The second kappa shape index (κ2) is 8.91. The number of carbonyl (C=O) groups excluding carboxylic acids is 1. The number of aryl methyl sites for hydroxylation is 1. The molecule has 1 amide bonds. The summed E-state index contributed by atoms with van der Waals surface area (Å²) >= 11 is 0. The Hall–Kier alpha value is -3.14. The number of hydrogen-bond acceptors (Lipinski definition) is 3. The van der Waals surface area contributed by atoms with Crippen LogP contribution in [0.5, 0.6) is 11.5 Å². The van der Waals surface area contributed by atoms with Crippen molar-refractivity contribution < 1.29 is 9.53 Å². The van der Waals surface area contributed by atoms with Crippen molar-refractivity contribution in [3.05, 3.63) is 78.1 Å². The summed E-state index contributed by atoms with van der Waals surface area (Å²) in [5.41, 5.74) is 4.58. The highest BCUT2D eigenvalue weighted by Crippen LogP contribution is 2.33. The Bertz CT molecular complexity index is 964. The third-order valence-corrected chi connectivity index (χ3v) is 5.70. The molecule has 4 heteroatoms. The number of carbonyl (C=O) groups is 1. The van der Waals surface area contributed by atoms with Crippen molar-refractivity contribution in [2.75, 3.05) is 13.1 Å². The Morgan fingerprint density at radius 3 is 2.52 bits per heavy atom. The zero-order valence-corrected chi connectivity index (χ0v) is 16.8. The lowest BCUT2D eigenvalue weighted by Crippen LogP contribution is -2.33. The summed E-state index contributed by atoms with van der Waals surface area (Å²) < 4.78 is 6.40. The molecular weight excluding hydrogens is 360 g/mol. The number of para-hydroxylation sites is 1. The molecule has 0 radical (unpaired) electrons. The number of aromatic nitrogens is 1. The quantitative estimate of drug-likeness (QED) is 0.543. The predicted molar refractivity (Wildman–Crippen MR) is 115 cm³/mol.